The third-order valence-electron chi connectivity index (χ3n) is 4.13. The molecule has 0 spiro atoms. The lowest BCUT2D eigenvalue weighted by Gasteiger charge is -2.15. The predicted octanol–water partition coefficient (Wildman–Crippen LogP) is 2.14. The molecule has 5 nitrogen and oxygen atoms in total. The Balaban J connectivity index is 1.70. The van der Waals surface area contributed by atoms with Gasteiger partial charge in [-0.05, 0) is 44.6 Å². The van der Waals surface area contributed by atoms with E-state index in [1.54, 1.807) is 23.0 Å². The molecule has 2 fully saturated rings. The molecule has 2 aliphatic rings. The van der Waals surface area contributed by atoms with Gasteiger partial charge in [0.15, 0.2) is 5.65 Å². The van der Waals surface area contributed by atoms with Crippen LogP contribution in [0.15, 0.2) is 18.5 Å². The van der Waals surface area contributed by atoms with Crippen LogP contribution in [0.5, 0.6) is 0 Å². The quantitative estimate of drug-likeness (QED) is 0.790. The number of esters is 1. The molecule has 0 bridgehead atoms. The molecule has 2 heterocycles. The van der Waals surface area contributed by atoms with E-state index in [1.807, 2.05) is 6.92 Å². The predicted molar refractivity (Wildman–Crippen MR) is 67.8 cm³/mol. The van der Waals surface area contributed by atoms with Crippen molar-refractivity contribution in [3.63, 3.8) is 0 Å². The van der Waals surface area contributed by atoms with E-state index >= 15 is 0 Å². The molecule has 0 aliphatic heterocycles. The molecule has 2 aromatic rings. The molecule has 0 radical (unpaired) electrons. The number of hydrogen-bond donors (Lipinski definition) is 0. The maximum absolute atomic E-state index is 12.4. The Kier molecular flexibility index (Phi) is 2.05. The summed E-state index contributed by atoms with van der Waals surface area (Å²) in [6.45, 7) is 1.82. The summed E-state index contributed by atoms with van der Waals surface area (Å²) in [7, 11) is 0. The molecule has 2 saturated carbocycles. The molecule has 0 N–H and O–H groups in total. The van der Waals surface area contributed by atoms with E-state index in [1.165, 1.54) is 12.8 Å². The van der Waals surface area contributed by atoms with Crippen LogP contribution in [-0.2, 0) is 4.74 Å². The highest BCUT2D eigenvalue weighted by atomic mass is 16.6. The number of hydrogen-bond acceptors (Lipinski definition) is 4. The normalized spacial score (nSPS) is 20.5. The van der Waals surface area contributed by atoms with Crippen molar-refractivity contribution >= 4 is 11.6 Å². The first-order valence-electron chi connectivity index (χ1n) is 6.73. The zero-order valence-corrected chi connectivity index (χ0v) is 10.8. The third-order valence-corrected chi connectivity index (χ3v) is 4.13. The maximum Gasteiger partial charge on any atom is 0.344 e. The minimum absolute atomic E-state index is 0.160. The van der Waals surface area contributed by atoms with Crippen LogP contribution in [0.1, 0.15) is 41.7 Å². The van der Waals surface area contributed by atoms with E-state index in [4.69, 9.17) is 4.74 Å². The van der Waals surface area contributed by atoms with Gasteiger partial charge in [-0.1, -0.05) is 0 Å². The molecule has 0 unspecified atom stereocenters. The standard InChI is InChI=1S/C14H15N3O2/c1-9-11(12-15-7-2-8-17(12)16-9)13(18)19-14(5-6-14)10-3-4-10/h2,7-8,10H,3-6H2,1H3. The van der Waals surface area contributed by atoms with E-state index in [0.29, 0.717) is 22.8 Å². The summed E-state index contributed by atoms with van der Waals surface area (Å²) in [6, 6.07) is 1.79. The summed E-state index contributed by atoms with van der Waals surface area (Å²) in [5.41, 5.74) is 1.60. The second-order valence-electron chi connectivity index (χ2n) is 5.58. The van der Waals surface area contributed by atoms with Gasteiger partial charge in [0.1, 0.15) is 11.2 Å². The van der Waals surface area contributed by atoms with E-state index in [-0.39, 0.29) is 11.6 Å². The van der Waals surface area contributed by atoms with Crippen molar-refractivity contribution in [2.24, 2.45) is 5.92 Å². The topological polar surface area (TPSA) is 56.5 Å². The Labute approximate surface area is 110 Å². The van der Waals surface area contributed by atoms with Crippen LogP contribution in [0.4, 0.5) is 0 Å². The molecule has 19 heavy (non-hydrogen) atoms. The summed E-state index contributed by atoms with van der Waals surface area (Å²) in [6.07, 6.45) is 7.86. The fraction of sp³-hybridized carbons (Fsp3) is 0.500. The number of fused-ring (bicyclic) bond motifs is 1. The first kappa shape index (κ1) is 11.0. The highest BCUT2D eigenvalue weighted by Crippen LogP contribution is 2.56. The minimum Gasteiger partial charge on any atom is -0.455 e. The number of ether oxygens (including phenoxy) is 1. The molecule has 0 aromatic carbocycles. The third kappa shape index (κ3) is 1.64. The lowest BCUT2D eigenvalue weighted by Crippen LogP contribution is -2.22. The van der Waals surface area contributed by atoms with Crippen molar-refractivity contribution in [3.8, 4) is 0 Å². The number of nitrogens with zero attached hydrogens (tertiary/aromatic N) is 3. The van der Waals surface area contributed by atoms with Crippen molar-refractivity contribution in [1.29, 1.82) is 0 Å². The van der Waals surface area contributed by atoms with Crippen molar-refractivity contribution in [2.75, 3.05) is 0 Å². The SMILES string of the molecule is Cc1nn2cccnc2c1C(=O)OC1(C2CC2)CC1. The largest absolute Gasteiger partial charge is 0.455 e. The van der Waals surface area contributed by atoms with Crippen LogP contribution in [0.25, 0.3) is 5.65 Å². The highest BCUT2D eigenvalue weighted by Gasteiger charge is 2.57. The van der Waals surface area contributed by atoms with E-state index in [0.717, 1.165) is 12.8 Å². The van der Waals surface area contributed by atoms with Crippen LogP contribution in [-0.4, -0.2) is 26.2 Å². The molecule has 2 aromatic heterocycles. The van der Waals surface area contributed by atoms with Crippen molar-refractivity contribution in [2.45, 2.75) is 38.2 Å². The van der Waals surface area contributed by atoms with Crippen LogP contribution in [0, 0.1) is 12.8 Å². The molecular formula is C14H15N3O2. The Morgan fingerprint density at radius 2 is 2.26 bits per heavy atom. The Hall–Kier alpha value is -1.91. The van der Waals surface area contributed by atoms with E-state index in [9.17, 15) is 4.79 Å². The van der Waals surface area contributed by atoms with Gasteiger partial charge in [0.2, 0.25) is 0 Å². The van der Waals surface area contributed by atoms with Gasteiger partial charge in [0.25, 0.3) is 0 Å². The number of carbonyl (C=O) groups is 1. The van der Waals surface area contributed by atoms with Gasteiger partial charge in [-0.3, -0.25) is 0 Å². The number of aryl methyl sites for hydroxylation is 1. The maximum atomic E-state index is 12.4. The molecule has 5 heteroatoms. The van der Waals surface area contributed by atoms with Crippen molar-refractivity contribution < 1.29 is 9.53 Å². The monoisotopic (exact) mass is 257 g/mol. The number of rotatable bonds is 3. The average molecular weight is 257 g/mol. The number of aromatic nitrogens is 3. The molecule has 98 valence electrons. The zero-order valence-electron chi connectivity index (χ0n) is 10.8. The van der Waals surface area contributed by atoms with Gasteiger partial charge in [0, 0.05) is 12.4 Å². The summed E-state index contributed by atoms with van der Waals surface area (Å²) in [5, 5.41) is 4.30. The molecule has 2 aliphatic carbocycles. The summed E-state index contributed by atoms with van der Waals surface area (Å²) in [5.74, 6) is 0.321. The fourth-order valence-electron chi connectivity index (χ4n) is 2.80. The summed E-state index contributed by atoms with van der Waals surface area (Å²) >= 11 is 0. The summed E-state index contributed by atoms with van der Waals surface area (Å²) < 4.78 is 7.40. The first-order valence-corrected chi connectivity index (χ1v) is 6.73. The second-order valence-corrected chi connectivity index (χ2v) is 5.58. The van der Waals surface area contributed by atoms with Crippen LogP contribution in [0.3, 0.4) is 0 Å². The van der Waals surface area contributed by atoms with E-state index in [2.05, 4.69) is 10.1 Å². The Morgan fingerprint density at radius 1 is 1.47 bits per heavy atom. The molecule has 0 atom stereocenters. The highest BCUT2D eigenvalue weighted by molar-refractivity contribution is 5.97. The van der Waals surface area contributed by atoms with Gasteiger partial charge >= 0.3 is 5.97 Å². The van der Waals surface area contributed by atoms with Gasteiger partial charge in [-0.2, -0.15) is 5.10 Å². The van der Waals surface area contributed by atoms with Gasteiger partial charge in [0.05, 0.1) is 5.69 Å². The van der Waals surface area contributed by atoms with Crippen LogP contribution < -0.4 is 0 Å². The lowest BCUT2D eigenvalue weighted by atomic mass is 10.2. The molecular weight excluding hydrogens is 242 g/mol. The van der Waals surface area contributed by atoms with E-state index < -0.39 is 0 Å². The number of carbonyl (C=O) groups excluding carboxylic acids is 1. The zero-order chi connectivity index (χ0) is 13.0. The fourth-order valence-corrected chi connectivity index (χ4v) is 2.80. The average Bonchev–Trinajstić information content (AvgIpc) is 3.25. The second kappa shape index (κ2) is 3.56. The Morgan fingerprint density at radius 3 is 2.95 bits per heavy atom. The van der Waals surface area contributed by atoms with Crippen LogP contribution in [0.2, 0.25) is 0 Å². The molecule has 4 rings (SSSR count). The lowest BCUT2D eigenvalue weighted by molar-refractivity contribution is 0.0161. The van der Waals surface area contributed by atoms with Crippen molar-refractivity contribution in [1.82, 2.24) is 14.6 Å². The van der Waals surface area contributed by atoms with Gasteiger partial charge < -0.3 is 4.74 Å². The van der Waals surface area contributed by atoms with Crippen molar-refractivity contribution in [3.05, 3.63) is 29.7 Å². The van der Waals surface area contributed by atoms with Crippen LogP contribution >= 0.6 is 0 Å². The smallest absolute Gasteiger partial charge is 0.344 e. The van der Waals surface area contributed by atoms with Gasteiger partial charge in [-0.25, -0.2) is 14.3 Å². The molecule has 0 saturated heterocycles. The van der Waals surface area contributed by atoms with Gasteiger partial charge in [-0.15, -0.1) is 0 Å². The first-order chi connectivity index (χ1) is 9.20. The Bertz CT molecular complexity index is 668. The minimum atomic E-state index is -0.268. The molecule has 0 amide bonds. The summed E-state index contributed by atoms with van der Waals surface area (Å²) in [4.78, 5) is 16.6.